The average Bonchev–Trinajstić information content (AvgIpc) is 1.89. The molecule has 0 rings (SSSR count). The molecule has 0 aromatic rings. The van der Waals surface area contributed by atoms with Crippen molar-refractivity contribution in [3.8, 4) is 0 Å². The average molecular weight is 148 g/mol. The SMILES string of the molecule is CCOC(=O)C(=O)OOC. The van der Waals surface area contributed by atoms with Crippen LogP contribution < -0.4 is 0 Å². The molecule has 0 aliphatic rings. The second-order valence-corrected chi connectivity index (χ2v) is 1.26. The van der Waals surface area contributed by atoms with E-state index in [1.54, 1.807) is 6.92 Å². The fourth-order valence-corrected chi connectivity index (χ4v) is 0.300. The molecule has 0 aliphatic heterocycles. The van der Waals surface area contributed by atoms with Crippen molar-refractivity contribution in [1.82, 2.24) is 0 Å². The van der Waals surface area contributed by atoms with E-state index >= 15 is 0 Å². The molecule has 0 aromatic carbocycles. The number of carbonyl (C=O) groups is 2. The van der Waals surface area contributed by atoms with E-state index in [0.717, 1.165) is 7.11 Å². The first-order valence-corrected chi connectivity index (χ1v) is 2.64. The van der Waals surface area contributed by atoms with Gasteiger partial charge in [-0.2, -0.15) is 4.89 Å². The summed E-state index contributed by atoms with van der Waals surface area (Å²) in [6, 6.07) is 0. The van der Waals surface area contributed by atoms with E-state index in [0.29, 0.717) is 0 Å². The first kappa shape index (κ1) is 8.90. The predicted octanol–water partition coefficient (Wildman–Crippen LogP) is -0.346. The molecule has 0 saturated carbocycles. The van der Waals surface area contributed by atoms with Gasteiger partial charge in [0.15, 0.2) is 0 Å². The maximum atomic E-state index is 10.4. The highest BCUT2D eigenvalue weighted by Gasteiger charge is 2.16. The van der Waals surface area contributed by atoms with Gasteiger partial charge < -0.3 is 4.74 Å². The molecule has 0 bridgehead atoms. The van der Waals surface area contributed by atoms with Crippen molar-refractivity contribution in [2.45, 2.75) is 6.92 Å². The van der Waals surface area contributed by atoms with E-state index in [4.69, 9.17) is 0 Å². The van der Waals surface area contributed by atoms with Gasteiger partial charge in [0.1, 0.15) is 0 Å². The minimum absolute atomic E-state index is 0.137. The lowest BCUT2D eigenvalue weighted by molar-refractivity contribution is -0.255. The molecular weight excluding hydrogens is 140 g/mol. The molecule has 0 aromatic heterocycles. The van der Waals surface area contributed by atoms with Crippen molar-refractivity contribution in [3.05, 3.63) is 0 Å². The summed E-state index contributed by atoms with van der Waals surface area (Å²) in [5, 5.41) is 0. The number of esters is 1. The van der Waals surface area contributed by atoms with E-state index in [2.05, 4.69) is 14.5 Å². The molecule has 0 fully saturated rings. The maximum absolute atomic E-state index is 10.4. The Balaban J connectivity index is 3.60. The Labute approximate surface area is 57.8 Å². The van der Waals surface area contributed by atoms with Crippen LogP contribution in [0.2, 0.25) is 0 Å². The largest absolute Gasteiger partial charge is 0.457 e. The minimum atomic E-state index is -1.15. The third-order valence-electron chi connectivity index (χ3n) is 0.601. The highest BCUT2D eigenvalue weighted by Crippen LogP contribution is 1.83. The van der Waals surface area contributed by atoms with Gasteiger partial charge in [0.2, 0.25) is 0 Å². The van der Waals surface area contributed by atoms with Crippen LogP contribution in [-0.4, -0.2) is 25.7 Å². The second kappa shape index (κ2) is 4.75. The van der Waals surface area contributed by atoms with Gasteiger partial charge >= 0.3 is 11.9 Å². The zero-order valence-electron chi connectivity index (χ0n) is 5.75. The summed E-state index contributed by atoms with van der Waals surface area (Å²) in [7, 11) is 1.12. The lowest BCUT2D eigenvalue weighted by Gasteiger charge is -1.97. The molecule has 0 heterocycles. The quantitative estimate of drug-likeness (QED) is 0.232. The fourth-order valence-electron chi connectivity index (χ4n) is 0.300. The normalized spacial score (nSPS) is 8.60. The summed E-state index contributed by atoms with van der Waals surface area (Å²) in [6.07, 6.45) is 0. The number of rotatable bonds is 2. The van der Waals surface area contributed by atoms with Crippen LogP contribution in [-0.2, 0) is 24.1 Å². The molecule has 0 atom stereocenters. The summed E-state index contributed by atoms with van der Waals surface area (Å²) in [4.78, 5) is 28.4. The Hall–Kier alpha value is -1.10. The van der Waals surface area contributed by atoms with Crippen LogP contribution in [0.3, 0.4) is 0 Å². The third kappa shape index (κ3) is 3.03. The van der Waals surface area contributed by atoms with E-state index in [9.17, 15) is 9.59 Å². The Morgan fingerprint density at radius 3 is 2.30 bits per heavy atom. The standard InChI is InChI=1S/C5H8O5/c1-3-9-4(6)5(7)10-8-2/h3H2,1-2H3. The molecule has 0 spiro atoms. The third-order valence-corrected chi connectivity index (χ3v) is 0.601. The lowest BCUT2D eigenvalue weighted by atomic mass is 10.7. The van der Waals surface area contributed by atoms with Gasteiger partial charge in [0.05, 0.1) is 13.7 Å². The molecule has 0 amide bonds. The molecule has 0 N–H and O–H groups in total. The lowest BCUT2D eigenvalue weighted by Crippen LogP contribution is -2.19. The predicted molar refractivity (Wildman–Crippen MR) is 29.7 cm³/mol. The van der Waals surface area contributed by atoms with E-state index in [1.165, 1.54) is 0 Å². The van der Waals surface area contributed by atoms with E-state index in [-0.39, 0.29) is 6.61 Å². The fraction of sp³-hybridized carbons (Fsp3) is 0.600. The molecule has 5 nitrogen and oxygen atoms in total. The van der Waals surface area contributed by atoms with Crippen LogP contribution in [0.15, 0.2) is 0 Å². The Kier molecular flexibility index (Phi) is 4.23. The summed E-state index contributed by atoms with van der Waals surface area (Å²) < 4.78 is 4.26. The Morgan fingerprint density at radius 2 is 1.90 bits per heavy atom. The van der Waals surface area contributed by atoms with Gasteiger partial charge in [-0.05, 0) is 6.92 Å². The van der Waals surface area contributed by atoms with Crippen LogP contribution in [0, 0.1) is 0 Å². The molecule has 5 heteroatoms. The first-order valence-electron chi connectivity index (χ1n) is 2.64. The van der Waals surface area contributed by atoms with Crippen molar-refractivity contribution < 1.29 is 24.1 Å². The van der Waals surface area contributed by atoms with Crippen LogP contribution in [0.25, 0.3) is 0 Å². The number of hydrogen-bond donors (Lipinski definition) is 0. The molecule has 10 heavy (non-hydrogen) atoms. The summed E-state index contributed by atoms with van der Waals surface area (Å²) in [5.41, 5.74) is 0. The zero-order chi connectivity index (χ0) is 7.98. The summed E-state index contributed by atoms with van der Waals surface area (Å²) >= 11 is 0. The molecular formula is C5H8O5. The molecule has 58 valence electrons. The monoisotopic (exact) mass is 148 g/mol. The van der Waals surface area contributed by atoms with Crippen LogP contribution in [0.1, 0.15) is 6.92 Å². The van der Waals surface area contributed by atoms with Crippen molar-refractivity contribution in [2.75, 3.05) is 13.7 Å². The van der Waals surface area contributed by atoms with Crippen LogP contribution >= 0.6 is 0 Å². The van der Waals surface area contributed by atoms with Crippen molar-refractivity contribution in [1.29, 1.82) is 0 Å². The second-order valence-electron chi connectivity index (χ2n) is 1.26. The van der Waals surface area contributed by atoms with Crippen LogP contribution in [0.4, 0.5) is 0 Å². The zero-order valence-corrected chi connectivity index (χ0v) is 5.75. The highest BCUT2D eigenvalue weighted by atomic mass is 17.2. The van der Waals surface area contributed by atoms with Crippen LogP contribution in [0.5, 0.6) is 0 Å². The molecule has 0 radical (unpaired) electrons. The smallest absolute Gasteiger partial charge is 0.449 e. The Morgan fingerprint density at radius 1 is 1.30 bits per heavy atom. The number of hydrogen-bond acceptors (Lipinski definition) is 5. The van der Waals surface area contributed by atoms with Gasteiger partial charge in [-0.25, -0.2) is 9.59 Å². The summed E-state index contributed by atoms with van der Waals surface area (Å²) in [6.45, 7) is 1.72. The number of carbonyl (C=O) groups excluding carboxylic acids is 2. The molecule has 0 unspecified atom stereocenters. The van der Waals surface area contributed by atoms with Gasteiger partial charge in [-0.3, -0.25) is 4.89 Å². The van der Waals surface area contributed by atoms with Gasteiger partial charge in [0.25, 0.3) is 0 Å². The first-order chi connectivity index (χ1) is 4.72. The topological polar surface area (TPSA) is 61.8 Å². The van der Waals surface area contributed by atoms with E-state index in [1.807, 2.05) is 0 Å². The van der Waals surface area contributed by atoms with E-state index < -0.39 is 11.9 Å². The van der Waals surface area contributed by atoms with Gasteiger partial charge in [0, 0.05) is 0 Å². The van der Waals surface area contributed by atoms with Gasteiger partial charge in [-0.15, -0.1) is 0 Å². The maximum Gasteiger partial charge on any atom is 0.449 e. The molecule has 0 saturated heterocycles. The summed E-state index contributed by atoms with van der Waals surface area (Å²) in [5.74, 6) is -2.20. The Bertz CT molecular complexity index is 114. The van der Waals surface area contributed by atoms with Crippen molar-refractivity contribution >= 4 is 11.9 Å². The van der Waals surface area contributed by atoms with Crippen molar-refractivity contribution in [3.63, 3.8) is 0 Å². The molecule has 0 aliphatic carbocycles. The van der Waals surface area contributed by atoms with Gasteiger partial charge in [-0.1, -0.05) is 0 Å². The van der Waals surface area contributed by atoms with Crippen molar-refractivity contribution in [2.24, 2.45) is 0 Å². The highest BCUT2D eigenvalue weighted by molar-refractivity contribution is 6.29. The number of ether oxygens (including phenoxy) is 1. The minimum Gasteiger partial charge on any atom is -0.457 e.